The van der Waals surface area contributed by atoms with Crippen LogP contribution in [-0.4, -0.2) is 33.5 Å². The number of anilines is 1. The first-order valence-corrected chi connectivity index (χ1v) is 7.07. The van der Waals surface area contributed by atoms with Gasteiger partial charge in [0, 0.05) is 6.04 Å². The highest BCUT2D eigenvalue weighted by molar-refractivity contribution is 7.15. The molecule has 1 aromatic heterocycles. The molecule has 0 aromatic carbocycles. The molecular weight excluding hydrogens is 252 g/mol. The fourth-order valence-corrected chi connectivity index (χ4v) is 2.66. The summed E-state index contributed by atoms with van der Waals surface area (Å²) in [5.74, 6) is 0. The van der Waals surface area contributed by atoms with E-state index in [1.807, 2.05) is 6.92 Å². The predicted octanol–water partition coefficient (Wildman–Crippen LogP) is 1.53. The molecule has 0 atom stereocenters. The van der Waals surface area contributed by atoms with E-state index in [1.165, 1.54) is 11.3 Å². The van der Waals surface area contributed by atoms with Gasteiger partial charge in [0.05, 0.1) is 6.10 Å². The molecule has 1 aliphatic rings. The molecule has 1 saturated carbocycles. The van der Waals surface area contributed by atoms with Crippen LogP contribution in [0, 0.1) is 0 Å². The van der Waals surface area contributed by atoms with Crippen molar-refractivity contribution < 1.29 is 9.90 Å². The maximum absolute atomic E-state index is 11.7. The van der Waals surface area contributed by atoms with E-state index in [9.17, 15) is 9.90 Å². The minimum Gasteiger partial charge on any atom is -0.393 e. The second-order valence-electron chi connectivity index (χ2n) is 4.46. The van der Waals surface area contributed by atoms with Gasteiger partial charge >= 0.3 is 6.03 Å². The number of urea groups is 1. The number of carbonyl (C=O) groups excluding carboxylic acids is 1. The van der Waals surface area contributed by atoms with Crippen molar-refractivity contribution in [3.8, 4) is 0 Å². The van der Waals surface area contributed by atoms with Gasteiger partial charge in [-0.3, -0.25) is 5.32 Å². The quantitative estimate of drug-likeness (QED) is 0.777. The Bertz CT molecular complexity index is 402. The van der Waals surface area contributed by atoms with E-state index < -0.39 is 0 Å². The first-order chi connectivity index (χ1) is 8.67. The van der Waals surface area contributed by atoms with Crippen molar-refractivity contribution in [2.24, 2.45) is 0 Å². The van der Waals surface area contributed by atoms with E-state index in [4.69, 9.17) is 0 Å². The Balaban J connectivity index is 1.78. The topological polar surface area (TPSA) is 87.1 Å². The van der Waals surface area contributed by atoms with Gasteiger partial charge in [-0.1, -0.05) is 18.3 Å². The van der Waals surface area contributed by atoms with Gasteiger partial charge in [-0.25, -0.2) is 4.79 Å². The maximum Gasteiger partial charge on any atom is 0.321 e. The van der Waals surface area contributed by atoms with Crippen LogP contribution in [0.2, 0.25) is 0 Å². The van der Waals surface area contributed by atoms with Crippen molar-refractivity contribution >= 4 is 22.5 Å². The maximum atomic E-state index is 11.7. The molecular formula is C11H18N4O2S. The summed E-state index contributed by atoms with van der Waals surface area (Å²) < 4.78 is 0. The largest absolute Gasteiger partial charge is 0.393 e. The van der Waals surface area contributed by atoms with Crippen LogP contribution in [0.1, 0.15) is 37.6 Å². The average Bonchev–Trinajstić information content (AvgIpc) is 2.79. The van der Waals surface area contributed by atoms with Gasteiger partial charge in [-0.05, 0) is 32.1 Å². The minimum atomic E-state index is -0.241. The molecule has 2 amide bonds. The van der Waals surface area contributed by atoms with Crippen LogP contribution >= 0.6 is 11.3 Å². The van der Waals surface area contributed by atoms with Gasteiger partial charge in [0.2, 0.25) is 5.13 Å². The fraction of sp³-hybridized carbons (Fsp3) is 0.727. The van der Waals surface area contributed by atoms with Crippen molar-refractivity contribution in [1.29, 1.82) is 0 Å². The molecule has 0 saturated heterocycles. The Kier molecular flexibility index (Phi) is 4.48. The lowest BCUT2D eigenvalue weighted by atomic mass is 9.93. The molecule has 0 bridgehead atoms. The highest BCUT2D eigenvalue weighted by Crippen LogP contribution is 2.19. The van der Waals surface area contributed by atoms with Crippen LogP contribution in [-0.2, 0) is 6.42 Å². The lowest BCUT2D eigenvalue weighted by Gasteiger charge is -2.25. The molecule has 7 heteroatoms. The third-order valence-corrected chi connectivity index (χ3v) is 4.00. The summed E-state index contributed by atoms with van der Waals surface area (Å²) in [6.07, 6.45) is 3.77. The number of hydrogen-bond acceptors (Lipinski definition) is 5. The third-order valence-electron chi connectivity index (χ3n) is 3.02. The van der Waals surface area contributed by atoms with E-state index >= 15 is 0 Å². The first-order valence-electron chi connectivity index (χ1n) is 6.25. The van der Waals surface area contributed by atoms with Gasteiger partial charge in [0.15, 0.2) is 0 Å². The van der Waals surface area contributed by atoms with Crippen LogP contribution in [0.3, 0.4) is 0 Å². The molecule has 0 spiro atoms. The second kappa shape index (κ2) is 6.10. The van der Waals surface area contributed by atoms with Crippen molar-refractivity contribution in [1.82, 2.24) is 15.5 Å². The number of aliphatic hydroxyl groups excluding tert-OH is 1. The van der Waals surface area contributed by atoms with E-state index in [0.717, 1.165) is 37.1 Å². The van der Waals surface area contributed by atoms with Gasteiger partial charge in [0.25, 0.3) is 0 Å². The summed E-state index contributed by atoms with van der Waals surface area (Å²) in [7, 11) is 0. The zero-order valence-electron chi connectivity index (χ0n) is 10.3. The highest BCUT2D eigenvalue weighted by Gasteiger charge is 2.21. The van der Waals surface area contributed by atoms with Gasteiger partial charge < -0.3 is 10.4 Å². The van der Waals surface area contributed by atoms with Crippen LogP contribution in [0.5, 0.6) is 0 Å². The summed E-state index contributed by atoms with van der Waals surface area (Å²) >= 11 is 1.39. The molecule has 0 unspecified atom stereocenters. The molecule has 100 valence electrons. The summed E-state index contributed by atoms with van der Waals surface area (Å²) in [6, 6.07) is -0.0952. The Morgan fingerprint density at radius 3 is 2.72 bits per heavy atom. The number of nitrogens with one attached hydrogen (secondary N) is 2. The molecule has 3 N–H and O–H groups in total. The molecule has 1 heterocycles. The number of hydrogen-bond donors (Lipinski definition) is 3. The summed E-state index contributed by atoms with van der Waals surface area (Å²) in [6.45, 7) is 2.00. The second-order valence-corrected chi connectivity index (χ2v) is 5.52. The van der Waals surface area contributed by atoms with Crippen LogP contribution < -0.4 is 10.6 Å². The standard InChI is InChI=1S/C11H18N4O2S/c1-2-9-14-15-11(18-9)13-10(17)12-7-3-5-8(16)6-4-7/h7-8,16H,2-6H2,1H3,(H2,12,13,15,17). The number of aromatic nitrogens is 2. The zero-order valence-corrected chi connectivity index (χ0v) is 11.2. The van der Waals surface area contributed by atoms with Crippen LogP contribution in [0.4, 0.5) is 9.93 Å². The number of carbonyl (C=O) groups is 1. The Morgan fingerprint density at radius 1 is 1.39 bits per heavy atom. The molecule has 1 fully saturated rings. The van der Waals surface area contributed by atoms with Crippen molar-refractivity contribution in [2.75, 3.05) is 5.32 Å². The van der Waals surface area contributed by atoms with Crippen molar-refractivity contribution in [2.45, 2.75) is 51.2 Å². The molecule has 0 radical (unpaired) electrons. The Hall–Kier alpha value is -1.21. The molecule has 1 aliphatic carbocycles. The van der Waals surface area contributed by atoms with Gasteiger partial charge in [-0.2, -0.15) is 0 Å². The molecule has 18 heavy (non-hydrogen) atoms. The monoisotopic (exact) mass is 270 g/mol. The fourth-order valence-electron chi connectivity index (χ4n) is 1.99. The van der Waals surface area contributed by atoms with E-state index in [0.29, 0.717) is 5.13 Å². The number of rotatable bonds is 3. The Morgan fingerprint density at radius 2 is 2.11 bits per heavy atom. The summed E-state index contributed by atoms with van der Waals surface area (Å²) in [4.78, 5) is 11.7. The average molecular weight is 270 g/mol. The van der Waals surface area contributed by atoms with Gasteiger partial charge in [-0.15, -0.1) is 10.2 Å². The number of aryl methyl sites for hydroxylation is 1. The predicted molar refractivity (Wildman–Crippen MR) is 69.7 cm³/mol. The molecule has 6 nitrogen and oxygen atoms in total. The summed E-state index contributed by atoms with van der Waals surface area (Å²) in [5, 5.41) is 24.2. The minimum absolute atomic E-state index is 0.145. The number of aliphatic hydroxyl groups is 1. The normalized spacial score (nSPS) is 23.7. The van der Waals surface area contributed by atoms with E-state index in [-0.39, 0.29) is 18.2 Å². The lowest BCUT2D eigenvalue weighted by molar-refractivity contribution is 0.118. The molecule has 0 aliphatic heterocycles. The van der Waals surface area contributed by atoms with E-state index in [1.54, 1.807) is 0 Å². The third kappa shape index (κ3) is 3.64. The smallest absolute Gasteiger partial charge is 0.321 e. The molecule has 2 rings (SSSR count). The number of amides is 2. The van der Waals surface area contributed by atoms with Crippen LogP contribution in [0.25, 0.3) is 0 Å². The number of nitrogens with zero attached hydrogens (tertiary/aromatic N) is 2. The highest BCUT2D eigenvalue weighted by atomic mass is 32.1. The van der Waals surface area contributed by atoms with Gasteiger partial charge in [0.1, 0.15) is 5.01 Å². The first kappa shape index (κ1) is 13.2. The van der Waals surface area contributed by atoms with Crippen LogP contribution in [0.15, 0.2) is 0 Å². The molecule has 1 aromatic rings. The van der Waals surface area contributed by atoms with E-state index in [2.05, 4.69) is 20.8 Å². The zero-order chi connectivity index (χ0) is 13.0. The lowest BCUT2D eigenvalue weighted by Crippen LogP contribution is -2.40. The SMILES string of the molecule is CCc1nnc(NC(=O)NC2CCC(O)CC2)s1. The van der Waals surface area contributed by atoms with Crippen molar-refractivity contribution in [3.63, 3.8) is 0 Å². The van der Waals surface area contributed by atoms with Crippen molar-refractivity contribution in [3.05, 3.63) is 5.01 Å². The Labute approximate surface area is 110 Å². The summed E-state index contributed by atoms with van der Waals surface area (Å²) in [5.41, 5.74) is 0.